The number of anilines is 2. The van der Waals surface area contributed by atoms with E-state index in [1.54, 1.807) is 24.4 Å². The second-order valence-corrected chi connectivity index (χ2v) is 7.76. The van der Waals surface area contributed by atoms with E-state index in [-0.39, 0.29) is 23.5 Å². The SMILES string of the molecule is O=C(Nc1ccccc1)c1cncc(NC2CCS(=O)(=O)C2)c1. The van der Waals surface area contributed by atoms with Crippen LogP contribution in [0, 0.1) is 0 Å². The quantitative estimate of drug-likeness (QED) is 0.894. The van der Waals surface area contributed by atoms with Crippen LogP contribution in [0.25, 0.3) is 0 Å². The molecule has 1 atom stereocenters. The van der Waals surface area contributed by atoms with E-state index in [1.807, 2.05) is 18.2 Å². The zero-order valence-corrected chi connectivity index (χ0v) is 13.2. The van der Waals surface area contributed by atoms with Crippen molar-refractivity contribution in [2.75, 3.05) is 22.1 Å². The number of sulfone groups is 1. The molecule has 1 unspecified atom stereocenters. The van der Waals surface area contributed by atoms with Crippen molar-refractivity contribution >= 4 is 27.1 Å². The van der Waals surface area contributed by atoms with E-state index in [1.165, 1.54) is 6.20 Å². The van der Waals surface area contributed by atoms with Crippen LogP contribution in [0.1, 0.15) is 16.8 Å². The summed E-state index contributed by atoms with van der Waals surface area (Å²) in [6, 6.07) is 10.7. The smallest absolute Gasteiger partial charge is 0.257 e. The van der Waals surface area contributed by atoms with Gasteiger partial charge >= 0.3 is 0 Å². The molecule has 1 amide bonds. The Morgan fingerprint density at radius 1 is 1.13 bits per heavy atom. The number of hydrogen-bond donors (Lipinski definition) is 2. The van der Waals surface area contributed by atoms with Crippen LogP contribution in [0.4, 0.5) is 11.4 Å². The van der Waals surface area contributed by atoms with Gasteiger partial charge < -0.3 is 10.6 Å². The van der Waals surface area contributed by atoms with Crippen LogP contribution in [0.2, 0.25) is 0 Å². The average Bonchev–Trinajstić information content (AvgIpc) is 2.87. The summed E-state index contributed by atoms with van der Waals surface area (Å²) >= 11 is 0. The third-order valence-electron chi connectivity index (χ3n) is 3.64. The van der Waals surface area contributed by atoms with Crippen molar-refractivity contribution in [3.05, 3.63) is 54.4 Å². The molecule has 2 heterocycles. The minimum atomic E-state index is -2.94. The van der Waals surface area contributed by atoms with Gasteiger partial charge in [0.25, 0.3) is 5.91 Å². The second-order valence-electron chi connectivity index (χ2n) is 5.53. The molecule has 2 N–H and O–H groups in total. The molecule has 7 heteroatoms. The van der Waals surface area contributed by atoms with Gasteiger partial charge in [-0.15, -0.1) is 0 Å². The number of nitrogens with zero attached hydrogens (tertiary/aromatic N) is 1. The highest BCUT2D eigenvalue weighted by atomic mass is 32.2. The van der Waals surface area contributed by atoms with E-state index in [0.29, 0.717) is 23.4 Å². The lowest BCUT2D eigenvalue weighted by molar-refractivity contribution is 0.102. The summed E-state index contributed by atoms with van der Waals surface area (Å²) in [5.41, 5.74) is 1.77. The second kappa shape index (κ2) is 6.37. The van der Waals surface area contributed by atoms with Crippen molar-refractivity contribution in [1.82, 2.24) is 4.98 Å². The predicted octanol–water partition coefficient (Wildman–Crippen LogP) is 1.93. The Hall–Kier alpha value is -2.41. The lowest BCUT2D eigenvalue weighted by Crippen LogP contribution is -2.21. The summed E-state index contributed by atoms with van der Waals surface area (Å²) in [6.07, 6.45) is 3.64. The van der Waals surface area contributed by atoms with Gasteiger partial charge in [0, 0.05) is 24.1 Å². The molecule has 0 bridgehead atoms. The minimum Gasteiger partial charge on any atom is -0.380 e. The van der Waals surface area contributed by atoms with Crippen LogP contribution in [-0.4, -0.2) is 36.9 Å². The number of amides is 1. The van der Waals surface area contributed by atoms with E-state index in [9.17, 15) is 13.2 Å². The summed E-state index contributed by atoms with van der Waals surface area (Å²) in [4.78, 5) is 16.3. The highest BCUT2D eigenvalue weighted by Gasteiger charge is 2.27. The predicted molar refractivity (Wildman–Crippen MR) is 89.3 cm³/mol. The number of benzene rings is 1. The van der Waals surface area contributed by atoms with Crippen LogP contribution < -0.4 is 10.6 Å². The van der Waals surface area contributed by atoms with Gasteiger partial charge in [-0.25, -0.2) is 8.42 Å². The molecule has 0 aliphatic carbocycles. The first-order chi connectivity index (χ1) is 11.0. The molecule has 0 saturated carbocycles. The summed E-state index contributed by atoms with van der Waals surface area (Å²) in [6.45, 7) is 0. The standard InChI is InChI=1S/C16H17N3O3S/c20-16(19-13-4-2-1-3-5-13)12-8-15(10-17-9-12)18-14-6-7-23(21,22)11-14/h1-5,8-10,14,18H,6-7,11H2,(H,19,20). The van der Waals surface area contributed by atoms with Crippen LogP contribution in [-0.2, 0) is 9.84 Å². The largest absolute Gasteiger partial charge is 0.380 e. The Labute approximate surface area is 134 Å². The normalized spacial score (nSPS) is 19.2. The Bertz CT molecular complexity index is 806. The maximum Gasteiger partial charge on any atom is 0.257 e. The molecule has 23 heavy (non-hydrogen) atoms. The van der Waals surface area contributed by atoms with Gasteiger partial charge in [-0.2, -0.15) is 0 Å². The summed E-state index contributed by atoms with van der Waals surface area (Å²) in [5.74, 6) is 0.0612. The van der Waals surface area contributed by atoms with Crippen LogP contribution in [0.3, 0.4) is 0 Å². The molecule has 1 aliphatic rings. The fraction of sp³-hybridized carbons (Fsp3) is 0.250. The van der Waals surface area contributed by atoms with E-state index in [2.05, 4.69) is 15.6 Å². The molecule has 1 aliphatic heterocycles. The number of nitrogens with one attached hydrogen (secondary N) is 2. The highest BCUT2D eigenvalue weighted by Crippen LogP contribution is 2.18. The first-order valence-corrected chi connectivity index (χ1v) is 9.12. The third kappa shape index (κ3) is 4.07. The number of rotatable bonds is 4. The molecule has 0 radical (unpaired) electrons. The molecule has 120 valence electrons. The van der Waals surface area contributed by atoms with E-state index < -0.39 is 9.84 Å². The number of carbonyl (C=O) groups excluding carboxylic acids is 1. The zero-order chi connectivity index (χ0) is 16.3. The van der Waals surface area contributed by atoms with Crippen molar-refractivity contribution < 1.29 is 13.2 Å². The maximum atomic E-state index is 12.2. The van der Waals surface area contributed by atoms with Gasteiger partial charge in [0.15, 0.2) is 9.84 Å². The molecule has 0 spiro atoms. The lowest BCUT2D eigenvalue weighted by Gasteiger charge is -2.13. The van der Waals surface area contributed by atoms with Crippen molar-refractivity contribution in [2.24, 2.45) is 0 Å². The molecule has 6 nitrogen and oxygen atoms in total. The van der Waals surface area contributed by atoms with Crippen LogP contribution >= 0.6 is 0 Å². The Morgan fingerprint density at radius 2 is 1.91 bits per heavy atom. The average molecular weight is 331 g/mol. The van der Waals surface area contributed by atoms with Crippen molar-refractivity contribution in [3.63, 3.8) is 0 Å². The fourth-order valence-electron chi connectivity index (χ4n) is 2.51. The monoisotopic (exact) mass is 331 g/mol. The Morgan fingerprint density at radius 3 is 2.61 bits per heavy atom. The third-order valence-corrected chi connectivity index (χ3v) is 5.40. The van der Waals surface area contributed by atoms with E-state index >= 15 is 0 Å². The highest BCUT2D eigenvalue weighted by molar-refractivity contribution is 7.91. The number of carbonyl (C=O) groups is 1. The van der Waals surface area contributed by atoms with Gasteiger partial charge in [0.05, 0.1) is 22.8 Å². The van der Waals surface area contributed by atoms with Gasteiger partial charge in [-0.05, 0) is 24.6 Å². The minimum absolute atomic E-state index is 0.118. The summed E-state index contributed by atoms with van der Waals surface area (Å²) < 4.78 is 23.0. The van der Waals surface area contributed by atoms with E-state index in [4.69, 9.17) is 0 Å². The fourth-order valence-corrected chi connectivity index (χ4v) is 4.19. The molecular weight excluding hydrogens is 314 g/mol. The van der Waals surface area contributed by atoms with E-state index in [0.717, 1.165) is 0 Å². The molecular formula is C16H17N3O3S. The van der Waals surface area contributed by atoms with Crippen LogP contribution in [0.5, 0.6) is 0 Å². The zero-order valence-electron chi connectivity index (χ0n) is 12.4. The van der Waals surface area contributed by atoms with Crippen LogP contribution in [0.15, 0.2) is 48.8 Å². The van der Waals surface area contributed by atoms with Gasteiger partial charge in [0.1, 0.15) is 0 Å². The molecule has 1 aromatic carbocycles. The number of pyridine rings is 1. The molecule has 3 rings (SSSR count). The van der Waals surface area contributed by atoms with Crippen molar-refractivity contribution in [3.8, 4) is 0 Å². The number of aromatic nitrogens is 1. The molecule has 2 aromatic rings. The topological polar surface area (TPSA) is 88.2 Å². The van der Waals surface area contributed by atoms with Gasteiger partial charge in [0.2, 0.25) is 0 Å². The number of para-hydroxylation sites is 1. The van der Waals surface area contributed by atoms with Gasteiger partial charge in [-0.3, -0.25) is 9.78 Å². The molecule has 1 fully saturated rings. The molecule has 1 aromatic heterocycles. The first-order valence-electron chi connectivity index (χ1n) is 7.30. The summed E-state index contributed by atoms with van der Waals surface area (Å²) in [5, 5.41) is 5.92. The van der Waals surface area contributed by atoms with Gasteiger partial charge in [-0.1, -0.05) is 18.2 Å². The first kappa shape index (κ1) is 15.5. The Kier molecular flexibility index (Phi) is 4.29. The van der Waals surface area contributed by atoms with Crippen molar-refractivity contribution in [2.45, 2.75) is 12.5 Å². The lowest BCUT2D eigenvalue weighted by atomic mass is 10.2. The number of hydrogen-bond acceptors (Lipinski definition) is 5. The summed E-state index contributed by atoms with van der Waals surface area (Å²) in [7, 11) is -2.94. The van der Waals surface area contributed by atoms with Crippen molar-refractivity contribution in [1.29, 1.82) is 0 Å². The molecule has 1 saturated heterocycles. The maximum absolute atomic E-state index is 12.2. The Balaban J connectivity index is 1.69.